The van der Waals surface area contributed by atoms with Crippen LogP contribution in [0.5, 0.6) is 0 Å². The normalized spacial score (nSPS) is 10.7. The Kier molecular flexibility index (Phi) is 4.68. The van der Waals surface area contributed by atoms with Crippen molar-refractivity contribution in [3.05, 3.63) is 48.3 Å². The number of benzene rings is 1. The summed E-state index contributed by atoms with van der Waals surface area (Å²) in [6.45, 7) is -0.0651. The Balaban J connectivity index is 2.09. The average molecular weight is 288 g/mol. The van der Waals surface area contributed by atoms with E-state index in [2.05, 4.69) is 5.10 Å². The molecule has 2 rings (SSSR count). The van der Waals surface area contributed by atoms with Crippen molar-refractivity contribution in [1.82, 2.24) is 14.7 Å². The number of rotatable bonds is 7. The lowest BCUT2D eigenvalue weighted by Gasteiger charge is -2.17. The van der Waals surface area contributed by atoms with Crippen LogP contribution in [-0.2, 0) is 16.1 Å². The van der Waals surface area contributed by atoms with Gasteiger partial charge in [0, 0.05) is 18.3 Å². The molecular formula is C14H16N4O3. The number of carboxylic acids is 1. The Morgan fingerprint density at radius 2 is 1.95 bits per heavy atom. The van der Waals surface area contributed by atoms with E-state index in [0.29, 0.717) is 6.54 Å². The third kappa shape index (κ3) is 4.43. The smallest absolute Gasteiger partial charge is 0.317 e. The number of carbonyl (C=O) groups is 2. The van der Waals surface area contributed by atoms with E-state index in [9.17, 15) is 9.59 Å². The first-order valence-corrected chi connectivity index (χ1v) is 6.36. The minimum absolute atomic E-state index is 0.108. The SMILES string of the molecule is NC(=O)CN(CC(=O)O)Cc1cnn(-c2ccccc2)c1. The molecule has 7 heteroatoms. The first kappa shape index (κ1) is 14.7. The van der Waals surface area contributed by atoms with Gasteiger partial charge in [-0.1, -0.05) is 18.2 Å². The number of para-hydroxylation sites is 1. The number of nitrogens with two attached hydrogens (primary N) is 1. The molecule has 0 aliphatic rings. The summed E-state index contributed by atoms with van der Waals surface area (Å²) in [4.78, 5) is 23.2. The molecule has 0 spiro atoms. The second-order valence-corrected chi connectivity index (χ2v) is 4.63. The fraction of sp³-hybridized carbons (Fsp3) is 0.214. The second kappa shape index (κ2) is 6.67. The highest BCUT2D eigenvalue weighted by Crippen LogP contribution is 2.09. The van der Waals surface area contributed by atoms with Gasteiger partial charge in [0.2, 0.25) is 5.91 Å². The zero-order valence-corrected chi connectivity index (χ0v) is 11.3. The zero-order valence-electron chi connectivity index (χ0n) is 11.3. The van der Waals surface area contributed by atoms with Crippen molar-refractivity contribution in [3.8, 4) is 5.69 Å². The number of aliphatic carboxylic acids is 1. The standard InChI is InChI=1S/C14H16N4O3/c15-13(19)9-17(10-14(20)21)7-11-6-16-18(8-11)12-4-2-1-3-5-12/h1-6,8H,7,9-10H2,(H2,15,19)(H,20,21). The molecule has 0 unspecified atom stereocenters. The van der Waals surface area contributed by atoms with Crippen LogP contribution in [0.15, 0.2) is 42.7 Å². The van der Waals surface area contributed by atoms with Crippen LogP contribution in [0.3, 0.4) is 0 Å². The molecule has 1 heterocycles. The molecule has 0 aliphatic carbocycles. The Hall–Kier alpha value is -2.67. The van der Waals surface area contributed by atoms with Gasteiger partial charge >= 0.3 is 5.97 Å². The van der Waals surface area contributed by atoms with E-state index in [-0.39, 0.29) is 13.1 Å². The first-order valence-electron chi connectivity index (χ1n) is 6.36. The number of primary amides is 1. The van der Waals surface area contributed by atoms with Crippen LogP contribution in [0.2, 0.25) is 0 Å². The minimum atomic E-state index is -1.01. The summed E-state index contributed by atoms with van der Waals surface area (Å²) >= 11 is 0. The van der Waals surface area contributed by atoms with Crippen LogP contribution in [-0.4, -0.2) is 44.8 Å². The van der Waals surface area contributed by atoms with Crippen LogP contribution >= 0.6 is 0 Å². The van der Waals surface area contributed by atoms with Gasteiger partial charge < -0.3 is 10.8 Å². The maximum atomic E-state index is 11.0. The zero-order chi connectivity index (χ0) is 15.2. The fourth-order valence-corrected chi connectivity index (χ4v) is 2.00. The number of amides is 1. The van der Waals surface area contributed by atoms with E-state index in [0.717, 1.165) is 11.3 Å². The highest BCUT2D eigenvalue weighted by molar-refractivity contribution is 5.77. The molecular weight excluding hydrogens is 272 g/mol. The summed E-state index contributed by atoms with van der Waals surface area (Å²) in [7, 11) is 0. The topological polar surface area (TPSA) is 101 Å². The van der Waals surface area contributed by atoms with Gasteiger partial charge in [0.05, 0.1) is 25.0 Å². The van der Waals surface area contributed by atoms with Gasteiger partial charge in [0.15, 0.2) is 0 Å². The van der Waals surface area contributed by atoms with E-state index in [4.69, 9.17) is 10.8 Å². The molecule has 1 aromatic heterocycles. The fourth-order valence-electron chi connectivity index (χ4n) is 2.00. The molecule has 0 saturated heterocycles. The van der Waals surface area contributed by atoms with Crippen molar-refractivity contribution >= 4 is 11.9 Å². The lowest BCUT2D eigenvalue weighted by Crippen LogP contribution is -2.36. The number of nitrogens with zero attached hydrogens (tertiary/aromatic N) is 3. The van der Waals surface area contributed by atoms with Gasteiger partial charge in [-0.2, -0.15) is 5.10 Å². The molecule has 0 fully saturated rings. The number of carboxylic acid groups (broad SMARTS) is 1. The van der Waals surface area contributed by atoms with Gasteiger partial charge in [0.25, 0.3) is 0 Å². The molecule has 21 heavy (non-hydrogen) atoms. The monoisotopic (exact) mass is 288 g/mol. The predicted octanol–water partition coefficient (Wildman–Crippen LogP) is 0.244. The molecule has 0 radical (unpaired) electrons. The molecule has 1 aromatic carbocycles. The van der Waals surface area contributed by atoms with Crippen molar-refractivity contribution in [2.24, 2.45) is 5.73 Å². The Morgan fingerprint density at radius 1 is 1.24 bits per heavy atom. The molecule has 3 N–H and O–H groups in total. The summed E-state index contributed by atoms with van der Waals surface area (Å²) < 4.78 is 1.69. The molecule has 7 nitrogen and oxygen atoms in total. The van der Waals surface area contributed by atoms with E-state index in [1.807, 2.05) is 30.3 Å². The molecule has 0 aliphatic heterocycles. The van der Waals surface area contributed by atoms with Crippen molar-refractivity contribution in [2.75, 3.05) is 13.1 Å². The van der Waals surface area contributed by atoms with Crippen molar-refractivity contribution in [3.63, 3.8) is 0 Å². The Bertz CT molecular complexity index is 608. The molecule has 0 bridgehead atoms. The molecule has 0 atom stereocenters. The summed E-state index contributed by atoms with van der Waals surface area (Å²) in [5.74, 6) is -1.57. The third-order valence-corrected chi connectivity index (χ3v) is 2.80. The largest absolute Gasteiger partial charge is 0.480 e. The number of carbonyl (C=O) groups excluding carboxylic acids is 1. The number of hydrogen-bond acceptors (Lipinski definition) is 4. The van der Waals surface area contributed by atoms with Crippen LogP contribution < -0.4 is 5.73 Å². The first-order chi connectivity index (χ1) is 10.0. The van der Waals surface area contributed by atoms with Crippen molar-refractivity contribution in [2.45, 2.75) is 6.54 Å². The Morgan fingerprint density at radius 3 is 2.57 bits per heavy atom. The minimum Gasteiger partial charge on any atom is -0.480 e. The molecule has 0 saturated carbocycles. The lowest BCUT2D eigenvalue weighted by molar-refractivity contribution is -0.138. The number of hydrogen-bond donors (Lipinski definition) is 2. The molecule has 2 aromatic rings. The van der Waals surface area contributed by atoms with Gasteiger partial charge in [-0.3, -0.25) is 14.5 Å². The van der Waals surface area contributed by atoms with Gasteiger partial charge in [-0.05, 0) is 12.1 Å². The van der Waals surface area contributed by atoms with Gasteiger partial charge in [-0.25, -0.2) is 4.68 Å². The summed E-state index contributed by atoms with van der Waals surface area (Å²) in [5.41, 5.74) is 6.84. The van der Waals surface area contributed by atoms with Crippen molar-refractivity contribution in [1.29, 1.82) is 0 Å². The van der Waals surface area contributed by atoms with Gasteiger partial charge in [0.1, 0.15) is 0 Å². The predicted molar refractivity (Wildman–Crippen MR) is 75.7 cm³/mol. The van der Waals surface area contributed by atoms with Crippen LogP contribution in [0, 0.1) is 0 Å². The van der Waals surface area contributed by atoms with E-state index in [1.54, 1.807) is 17.1 Å². The lowest BCUT2D eigenvalue weighted by atomic mass is 10.3. The Labute approximate surface area is 121 Å². The highest BCUT2D eigenvalue weighted by atomic mass is 16.4. The molecule has 1 amide bonds. The van der Waals surface area contributed by atoms with E-state index >= 15 is 0 Å². The second-order valence-electron chi connectivity index (χ2n) is 4.63. The van der Waals surface area contributed by atoms with Gasteiger partial charge in [-0.15, -0.1) is 0 Å². The third-order valence-electron chi connectivity index (χ3n) is 2.80. The maximum Gasteiger partial charge on any atom is 0.317 e. The van der Waals surface area contributed by atoms with E-state index < -0.39 is 11.9 Å². The van der Waals surface area contributed by atoms with E-state index in [1.165, 1.54) is 4.90 Å². The number of aromatic nitrogens is 2. The molecule has 110 valence electrons. The summed E-state index contributed by atoms with van der Waals surface area (Å²) in [6, 6.07) is 9.54. The van der Waals surface area contributed by atoms with Crippen molar-refractivity contribution < 1.29 is 14.7 Å². The summed E-state index contributed by atoms with van der Waals surface area (Å²) in [6.07, 6.45) is 3.44. The summed E-state index contributed by atoms with van der Waals surface area (Å²) in [5, 5.41) is 13.1. The average Bonchev–Trinajstić information content (AvgIpc) is 2.86. The quantitative estimate of drug-likeness (QED) is 0.760. The highest BCUT2D eigenvalue weighted by Gasteiger charge is 2.14. The van der Waals surface area contributed by atoms with Crippen LogP contribution in [0.25, 0.3) is 5.69 Å². The van der Waals surface area contributed by atoms with Crippen LogP contribution in [0.4, 0.5) is 0 Å². The van der Waals surface area contributed by atoms with Crippen LogP contribution in [0.1, 0.15) is 5.56 Å². The maximum absolute atomic E-state index is 11.0.